The van der Waals surface area contributed by atoms with Crippen LogP contribution in [0.5, 0.6) is 0 Å². The topological polar surface area (TPSA) is 52.1 Å². The summed E-state index contributed by atoms with van der Waals surface area (Å²) in [6, 6.07) is 8.89. The zero-order chi connectivity index (χ0) is 19.3. The molecule has 1 aromatic rings. The minimum Gasteiger partial charge on any atom is -0.380 e. The molecule has 6 heteroatoms. The van der Waals surface area contributed by atoms with Crippen LogP contribution in [0, 0.1) is 0 Å². The average molecular weight is 376 g/mol. The zero-order valence-electron chi connectivity index (χ0n) is 17.3. The van der Waals surface area contributed by atoms with Gasteiger partial charge in [-0.2, -0.15) is 0 Å². The highest BCUT2D eigenvalue weighted by atomic mass is 16.5. The number of likely N-dealkylation sites (N-methyl/N-ethyl adjacent to an activating group) is 1. The van der Waals surface area contributed by atoms with E-state index in [9.17, 15) is 0 Å². The fourth-order valence-electron chi connectivity index (χ4n) is 3.16. The zero-order valence-corrected chi connectivity index (χ0v) is 17.3. The maximum atomic E-state index is 5.36. The van der Waals surface area contributed by atoms with Crippen molar-refractivity contribution in [3.63, 3.8) is 0 Å². The molecule has 0 unspecified atom stereocenters. The van der Waals surface area contributed by atoms with Gasteiger partial charge >= 0.3 is 0 Å². The Kier molecular flexibility index (Phi) is 10.2. The lowest BCUT2D eigenvalue weighted by Crippen LogP contribution is -2.39. The smallest absolute Gasteiger partial charge is 0.191 e. The SMILES string of the molecule is CCNC(=NCc1ccc(CN2CCCN(C)CC2)cc1)NCCOCC. The molecule has 27 heavy (non-hydrogen) atoms. The van der Waals surface area contributed by atoms with E-state index in [1.807, 2.05) is 6.92 Å². The lowest BCUT2D eigenvalue weighted by atomic mass is 10.1. The largest absolute Gasteiger partial charge is 0.380 e. The Balaban J connectivity index is 1.82. The first-order valence-electron chi connectivity index (χ1n) is 10.3. The van der Waals surface area contributed by atoms with Crippen molar-refractivity contribution < 1.29 is 4.74 Å². The second-order valence-electron chi connectivity index (χ2n) is 7.07. The normalized spacial score (nSPS) is 16.9. The molecule has 0 spiro atoms. The highest BCUT2D eigenvalue weighted by molar-refractivity contribution is 5.79. The summed E-state index contributed by atoms with van der Waals surface area (Å²) in [5.41, 5.74) is 2.62. The Morgan fingerprint density at radius 2 is 1.81 bits per heavy atom. The maximum Gasteiger partial charge on any atom is 0.191 e. The summed E-state index contributed by atoms with van der Waals surface area (Å²) in [6.45, 7) is 13.6. The Bertz CT molecular complexity index is 546. The van der Waals surface area contributed by atoms with E-state index in [1.54, 1.807) is 0 Å². The molecule has 0 amide bonds. The molecule has 0 bridgehead atoms. The Morgan fingerprint density at radius 3 is 2.56 bits per heavy atom. The van der Waals surface area contributed by atoms with Crippen LogP contribution in [0.25, 0.3) is 0 Å². The van der Waals surface area contributed by atoms with Crippen molar-refractivity contribution in [2.75, 3.05) is 59.5 Å². The molecule has 0 radical (unpaired) electrons. The van der Waals surface area contributed by atoms with Crippen LogP contribution in [0.3, 0.4) is 0 Å². The monoisotopic (exact) mass is 375 g/mol. The number of benzene rings is 1. The van der Waals surface area contributed by atoms with E-state index < -0.39 is 0 Å². The van der Waals surface area contributed by atoms with E-state index in [4.69, 9.17) is 4.74 Å². The minimum absolute atomic E-state index is 0.679. The fraction of sp³-hybridized carbons (Fsp3) is 0.667. The lowest BCUT2D eigenvalue weighted by Gasteiger charge is -2.20. The van der Waals surface area contributed by atoms with Gasteiger partial charge in [-0.25, -0.2) is 4.99 Å². The summed E-state index contributed by atoms with van der Waals surface area (Å²) in [7, 11) is 2.21. The van der Waals surface area contributed by atoms with Crippen molar-refractivity contribution in [1.29, 1.82) is 0 Å². The number of nitrogens with zero attached hydrogens (tertiary/aromatic N) is 3. The van der Waals surface area contributed by atoms with Crippen molar-refractivity contribution in [3.8, 4) is 0 Å². The molecule has 1 aliphatic heterocycles. The third kappa shape index (κ3) is 8.73. The number of guanidine groups is 1. The van der Waals surface area contributed by atoms with Gasteiger partial charge in [0.15, 0.2) is 5.96 Å². The molecule has 0 aromatic heterocycles. The van der Waals surface area contributed by atoms with Crippen molar-refractivity contribution in [3.05, 3.63) is 35.4 Å². The van der Waals surface area contributed by atoms with Gasteiger partial charge in [0.05, 0.1) is 13.2 Å². The first-order chi connectivity index (χ1) is 13.2. The van der Waals surface area contributed by atoms with Crippen LogP contribution in [0.15, 0.2) is 29.3 Å². The average Bonchev–Trinajstić information content (AvgIpc) is 2.88. The first-order valence-corrected chi connectivity index (χ1v) is 10.3. The number of nitrogens with one attached hydrogen (secondary N) is 2. The minimum atomic E-state index is 0.679. The van der Waals surface area contributed by atoms with Crippen LogP contribution in [0.1, 0.15) is 31.4 Å². The summed E-state index contributed by atoms with van der Waals surface area (Å²) < 4.78 is 5.36. The van der Waals surface area contributed by atoms with Gasteiger partial charge < -0.3 is 20.3 Å². The number of ether oxygens (including phenoxy) is 1. The fourth-order valence-corrected chi connectivity index (χ4v) is 3.16. The Hall–Kier alpha value is -1.63. The number of hydrogen-bond acceptors (Lipinski definition) is 4. The van der Waals surface area contributed by atoms with Gasteiger partial charge in [0.1, 0.15) is 0 Å². The van der Waals surface area contributed by atoms with Crippen LogP contribution < -0.4 is 10.6 Å². The van der Waals surface area contributed by atoms with E-state index in [2.05, 4.69) is 63.7 Å². The molecule has 1 aliphatic rings. The first kappa shape index (κ1) is 21.7. The molecule has 0 atom stereocenters. The van der Waals surface area contributed by atoms with Crippen LogP contribution in [-0.4, -0.2) is 75.3 Å². The van der Waals surface area contributed by atoms with Crippen LogP contribution in [-0.2, 0) is 17.8 Å². The molecule has 1 heterocycles. The third-order valence-corrected chi connectivity index (χ3v) is 4.75. The summed E-state index contributed by atoms with van der Waals surface area (Å²) in [5, 5.41) is 6.58. The van der Waals surface area contributed by atoms with Crippen molar-refractivity contribution in [1.82, 2.24) is 20.4 Å². The second kappa shape index (κ2) is 12.7. The van der Waals surface area contributed by atoms with Gasteiger partial charge in [-0.1, -0.05) is 24.3 Å². The summed E-state index contributed by atoms with van der Waals surface area (Å²) in [4.78, 5) is 9.65. The third-order valence-electron chi connectivity index (χ3n) is 4.75. The van der Waals surface area contributed by atoms with Gasteiger partial charge in [-0.05, 0) is 51.5 Å². The van der Waals surface area contributed by atoms with Crippen LogP contribution in [0.2, 0.25) is 0 Å². The standard InChI is InChI=1S/C21H37N5O/c1-4-22-21(23-11-16-27-5-2)24-17-19-7-9-20(10-8-19)18-26-13-6-12-25(3)14-15-26/h7-10H,4-6,11-18H2,1-3H3,(H2,22,23,24). The van der Waals surface area contributed by atoms with Crippen molar-refractivity contribution in [2.45, 2.75) is 33.4 Å². The second-order valence-corrected chi connectivity index (χ2v) is 7.07. The molecule has 1 aromatic carbocycles. The van der Waals surface area contributed by atoms with E-state index >= 15 is 0 Å². The highest BCUT2D eigenvalue weighted by Gasteiger charge is 2.12. The molecule has 152 valence electrons. The summed E-state index contributed by atoms with van der Waals surface area (Å²) >= 11 is 0. The molecule has 0 saturated carbocycles. The van der Waals surface area contributed by atoms with Gasteiger partial charge in [-0.15, -0.1) is 0 Å². The van der Waals surface area contributed by atoms with Gasteiger partial charge in [0, 0.05) is 39.3 Å². The molecular formula is C21H37N5O. The van der Waals surface area contributed by atoms with Gasteiger partial charge in [-0.3, -0.25) is 4.90 Å². The van der Waals surface area contributed by atoms with E-state index in [1.165, 1.54) is 30.6 Å². The summed E-state index contributed by atoms with van der Waals surface area (Å²) in [6.07, 6.45) is 1.26. The lowest BCUT2D eigenvalue weighted by molar-refractivity contribution is 0.152. The quantitative estimate of drug-likeness (QED) is 0.392. The predicted octanol–water partition coefficient (Wildman–Crippen LogP) is 1.92. The van der Waals surface area contributed by atoms with Gasteiger partial charge in [0.2, 0.25) is 0 Å². The highest BCUT2D eigenvalue weighted by Crippen LogP contribution is 2.10. The van der Waals surface area contributed by atoms with Gasteiger partial charge in [0.25, 0.3) is 0 Å². The molecule has 1 fully saturated rings. The van der Waals surface area contributed by atoms with Crippen molar-refractivity contribution >= 4 is 5.96 Å². The Labute approximate surface area is 165 Å². The van der Waals surface area contributed by atoms with Crippen LogP contribution in [0.4, 0.5) is 0 Å². The summed E-state index contributed by atoms with van der Waals surface area (Å²) in [5.74, 6) is 0.843. The number of aliphatic imine (C=N–C) groups is 1. The van der Waals surface area contributed by atoms with Crippen molar-refractivity contribution in [2.24, 2.45) is 4.99 Å². The van der Waals surface area contributed by atoms with E-state index in [-0.39, 0.29) is 0 Å². The predicted molar refractivity (Wildman–Crippen MR) is 113 cm³/mol. The Morgan fingerprint density at radius 1 is 1.04 bits per heavy atom. The molecular weight excluding hydrogens is 338 g/mol. The molecule has 0 aliphatic carbocycles. The van der Waals surface area contributed by atoms with E-state index in [0.29, 0.717) is 13.2 Å². The molecule has 2 N–H and O–H groups in total. The molecule has 6 nitrogen and oxygen atoms in total. The van der Waals surface area contributed by atoms with Crippen LogP contribution >= 0.6 is 0 Å². The number of hydrogen-bond donors (Lipinski definition) is 2. The number of rotatable bonds is 9. The van der Waals surface area contributed by atoms with E-state index in [0.717, 1.165) is 45.3 Å². The molecule has 2 rings (SSSR count). The molecule has 1 saturated heterocycles. The maximum absolute atomic E-state index is 5.36.